The van der Waals surface area contributed by atoms with E-state index in [9.17, 15) is 4.79 Å². The summed E-state index contributed by atoms with van der Waals surface area (Å²) in [5.74, 6) is -0.391. The average molecular weight is 269 g/mol. The third-order valence-corrected chi connectivity index (χ3v) is 2.40. The molecule has 0 aliphatic carbocycles. The highest BCUT2D eigenvalue weighted by Gasteiger charge is 2.11. The number of hydrogen-bond donors (Lipinski definition) is 0. The molecule has 0 atom stereocenters. The normalized spacial score (nSPS) is 10.5. The molecule has 2 aromatic rings. The SMILES string of the molecule is CCOC(=O)c1cc2cc(Br)ccn2n1. The summed E-state index contributed by atoms with van der Waals surface area (Å²) < 4.78 is 7.45. The van der Waals surface area contributed by atoms with Crippen molar-refractivity contribution in [1.82, 2.24) is 9.61 Å². The Hall–Kier alpha value is -1.36. The van der Waals surface area contributed by atoms with E-state index in [-0.39, 0.29) is 0 Å². The van der Waals surface area contributed by atoms with Gasteiger partial charge in [-0.25, -0.2) is 9.31 Å². The summed E-state index contributed by atoms with van der Waals surface area (Å²) in [4.78, 5) is 11.4. The smallest absolute Gasteiger partial charge is 0.358 e. The van der Waals surface area contributed by atoms with E-state index in [1.807, 2.05) is 12.1 Å². The number of nitrogens with zero attached hydrogens (tertiary/aromatic N) is 2. The number of esters is 1. The highest BCUT2D eigenvalue weighted by molar-refractivity contribution is 9.10. The second-order valence-corrected chi connectivity index (χ2v) is 3.88. The first-order valence-corrected chi connectivity index (χ1v) is 5.32. The van der Waals surface area contributed by atoms with Crippen molar-refractivity contribution in [3.8, 4) is 0 Å². The van der Waals surface area contributed by atoms with Gasteiger partial charge in [0.1, 0.15) is 0 Å². The van der Waals surface area contributed by atoms with Crippen LogP contribution in [0.5, 0.6) is 0 Å². The van der Waals surface area contributed by atoms with Crippen LogP contribution >= 0.6 is 15.9 Å². The van der Waals surface area contributed by atoms with Gasteiger partial charge in [0.15, 0.2) is 5.69 Å². The van der Waals surface area contributed by atoms with Crippen molar-refractivity contribution in [3.63, 3.8) is 0 Å². The Morgan fingerprint density at radius 3 is 3.13 bits per heavy atom. The zero-order chi connectivity index (χ0) is 10.8. The van der Waals surface area contributed by atoms with Gasteiger partial charge in [-0.3, -0.25) is 0 Å². The number of pyridine rings is 1. The van der Waals surface area contributed by atoms with E-state index in [2.05, 4.69) is 21.0 Å². The van der Waals surface area contributed by atoms with Gasteiger partial charge in [-0.15, -0.1) is 0 Å². The fraction of sp³-hybridized carbons (Fsp3) is 0.200. The van der Waals surface area contributed by atoms with Crippen LogP contribution in [-0.2, 0) is 4.74 Å². The minimum Gasteiger partial charge on any atom is -0.461 e. The highest BCUT2D eigenvalue weighted by Crippen LogP contribution is 2.14. The fourth-order valence-electron chi connectivity index (χ4n) is 1.27. The van der Waals surface area contributed by atoms with Crippen molar-refractivity contribution in [1.29, 1.82) is 0 Å². The van der Waals surface area contributed by atoms with Crippen LogP contribution in [0, 0.1) is 0 Å². The van der Waals surface area contributed by atoms with Gasteiger partial charge >= 0.3 is 5.97 Å². The van der Waals surface area contributed by atoms with Gasteiger partial charge in [0.25, 0.3) is 0 Å². The van der Waals surface area contributed by atoms with Gasteiger partial charge in [-0.05, 0) is 25.1 Å². The van der Waals surface area contributed by atoms with Gasteiger partial charge in [0.05, 0.1) is 12.1 Å². The summed E-state index contributed by atoms with van der Waals surface area (Å²) in [5, 5.41) is 4.09. The number of halogens is 1. The minimum absolute atomic E-state index is 0.329. The van der Waals surface area contributed by atoms with Crippen LogP contribution in [0.4, 0.5) is 0 Å². The van der Waals surface area contributed by atoms with Crippen molar-refractivity contribution in [3.05, 3.63) is 34.6 Å². The number of carbonyl (C=O) groups is 1. The second kappa shape index (κ2) is 4.02. The lowest BCUT2D eigenvalue weighted by atomic mass is 10.3. The minimum atomic E-state index is -0.391. The predicted octanol–water partition coefficient (Wildman–Crippen LogP) is 2.27. The molecule has 0 saturated carbocycles. The van der Waals surface area contributed by atoms with Crippen LogP contribution < -0.4 is 0 Å². The number of aromatic nitrogens is 2. The van der Waals surface area contributed by atoms with Crippen LogP contribution in [0.15, 0.2) is 28.9 Å². The lowest BCUT2D eigenvalue weighted by Gasteiger charge is -1.95. The molecule has 0 fully saturated rings. The molecule has 0 amide bonds. The summed E-state index contributed by atoms with van der Waals surface area (Å²) in [6.45, 7) is 2.13. The van der Waals surface area contributed by atoms with Crippen molar-refractivity contribution < 1.29 is 9.53 Å². The van der Waals surface area contributed by atoms with E-state index in [1.165, 1.54) is 0 Å². The maximum Gasteiger partial charge on any atom is 0.358 e. The van der Waals surface area contributed by atoms with Gasteiger partial charge < -0.3 is 4.74 Å². The van der Waals surface area contributed by atoms with E-state index in [1.54, 1.807) is 23.7 Å². The van der Waals surface area contributed by atoms with E-state index >= 15 is 0 Å². The summed E-state index contributed by atoms with van der Waals surface area (Å²) in [5.41, 5.74) is 1.18. The lowest BCUT2D eigenvalue weighted by molar-refractivity contribution is 0.0519. The molecule has 0 spiro atoms. The molecule has 0 unspecified atom stereocenters. The molecule has 0 aliphatic heterocycles. The van der Waals surface area contributed by atoms with Crippen LogP contribution in [0.2, 0.25) is 0 Å². The Morgan fingerprint density at radius 2 is 2.40 bits per heavy atom. The van der Waals surface area contributed by atoms with Gasteiger partial charge in [0.2, 0.25) is 0 Å². The van der Waals surface area contributed by atoms with Crippen LogP contribution in [0.25, 0.3) is 5.52 Å². The summed E-state index contributed by atoms with van der Waals surface area (Å²) >= 11 is 3.35. The number of fused-ring (bicyclic) bond motifs is 1. The predicted molar refractivity (Wildman–Crippen MR) is 58.8 cm³/mol. The summed E-state index contributed by atoms with van der Waals surface area (Å²) in [6.07, 6.45) is 1.78. The van der Waals surface area contributed by atoms with Gasteiger partial charge in [-0.1, -0.05) is 15.9 Å². The van der Waals surface area contributed by atoms with Crippen LogP contribution in [0.3, 0.4) is 0 Å². The molecule has 0 radical (unpaired) electrons. The standard InChI is InChI=1S/C10H9BrN2O2/c1-2-15-10(14)9-6-8-5-7(11)3-4-13(8)12-9/h3-6H,2H2,1H3. The Labute approximate surface area is 95.0 Å². The molecule has 0 aromatic carbocycles. The van der Waals surface area contributed by atoms with Crippen molar-refractivity contribution in [2.45, 2.75) is 6.92 Å². The molecule has 15 heavy (non-hydrogen) atoms. The molecule has 2 heterocycles. The van der Waals surface area contributed by atoms with Crippen LogP contribution in [0.1, 0.15) is 17.4 Å². The Morgan fingerprint density at radius 1 is 1.60 bits per heavy atom. The molecule has 2 rings (SSSR count). The zero-order valence-corrected chi connectivity index (χ0v) is 9.69. The third kappa shape index (κ3) is 2.02. The number of hydrogen-bond acceptors (Lipinski definition) is 3. The summed E-state index contributed by atoms with van der Waals surface area (Å²) in [6, 6.07) is 5.44. The van der Waals surface area contributed by atoms with Crippen molar-refractivity contribution in [2.24, 2.45) is 0 Å². The topological polar surface area (TPSA) is 43.6 Å². The molecule has 0 N–H and O–H groups in total. The van der Waals surface area contributed by atoms with Gasteiger partial charge in [0, 0.05) is 10.7 Å². The molecule has 78 valence electrons. The molecular weight excluding hydrogens is 260 g/mol. The number of rotatable bonds is 2. The summed E-state index contributed by atoms with van der Waals surface area (Å²) in [7, 11) is 0. The van der Waals surface area contributed by atoms with Crippen LogP contribution in [-0.4, -0.2) is 22.2 Å². The van der Waals surface area contributed by atoms with E-state index in [4.69, 9.17) is 4.74 Å². The quantitative estimate of drug-likeness (QED) is 0.785. The van der Waals surface area contributed by atoms with E-state index in [0.717, 1.165) is 9.99 Å². The maximum absolute atomic E-state index is 11.4. The Kier molecular flexibility index (Phi) is 2.73. The first kappa shape index (κ1) is 10.2. The second-order valence-electron chi connectivity index (χ2n) is 2.96. The fourth-order valence-corrected chi connectivity index (χ4v) is 1.62. The maximum atomic E-state index is 11.4. The first-order valence-electron chi connectivity index (χ1n) is 4.53. The third-order valence-electron chi connectivity index (χ3n) is 1.91. The Bertz CT molecular complexity index is 507. The molecule has 4 nitrogen and oxygen atoms in total. The van der Waals surface area contributed by atoms with E-state index < -0.39 is 5.97 Å². The van der Waals surface area contributed by atoms with Gasteiger partial charge in [-0.2, -0.15) is 5.10 Å². The van der Waals surface area contributed by atoms with E-state index in [0.29, 0.717) is 12.3 Å². The molecule has 0 saturated heterocycles. The molecular formula is C10H9BrN2O2. The zero-order valence-electron chi connectivity index (χ0n) is 8.11. The number of ether oxygens (including phenoxy) is 1. The molecule has 0 bridgehead atoms. The monoisotopic (exact) mass is 268 g/mol. The lowest BCUT2D eigenvalue weighted by Crippen LogP contribution is -2.05. The molecule has 0 aliphatic rings. The highest BCUT2D eigenvalue weighted by atomic mass is 79.9. The first-order chi connectivity index (χ1) is 7.20. The number of carbonyl (C=O) groups excluding carboxylic acids is 1. The molecule has 5 heteroatoms. The average Bonchev–Trinajstić information content (AvgIpc) is 2.60. The largest absolute Gasteiger partial charge is 0.461 e. The Balaban J connectivity index is 2.42. The molecule has 2 aromatic heterocycles. The van der Waals surface area contributed by atoms with Crippen molar-refractivity contribution >= 4 is 27.4 Å². The van der Waals surface area contributed by atoms with Crippen molar-refractivity contribution in [2.75, 3.05) is 6.61 Å².